The van der Waals surface area contributed by atoms with Crippen LogP contribution in [0.1, 0.15) is 25.8 Å². The molecule has 0 aliphatic heterocycles. The van der Waals surface area contributed by atoms with Crippen molar-refractivity contribution in [1.82, 2.24) is 10.2 Å². The fourth-order valence-electron chi connectivity index (χ4n) is 2.30. The molecule has 0 saturated carbocycles. The van der Waals surface area contributed by atoms with Crippen LogP contribution in [0.4, 0.5) is 0 Å². The largest absolute Gasteiger partial charge is 0.478 e. The molecule has 1 atom stereocenters. The van der Waals surface area contributed by atoms with E-state index in [2.05, 4.69) is 38.2 Å². The van der Waals surface area contributed by atoms with Crippen LogP contribution in [0.15, 0.2) is 24.3 Å². The van der Waals surface area contributed by atoms with Gasteiger partial charge in [0.05, 0.1) is 0 Å². The molecule has 0 amide bonds. The summed E-state index contributed by atoms with van der Waals surface area (Å²) >= 11 is 0. The van der Waals surface area contributed by atoms with Gasteiger partial charge in [0.1, 0.15) is 11.8 Å². The summed E-state index contributed by atoms with van der Waals surface area (Å²) in [6, 6.07) is 10.4. The first-order chi connectivity index (χ1) is 10.0. The number of rotatable bonds is 9. The molecule has 4 nitrogen and oxygen atoms in total. The summed E-state index contributed by atoms with van der Waals surface area (Å²) in [7, 11) is 4.25. The summed E-state index contributed by atoms with van der Waals surface area (Å²) in [6.45, 7) is 6.29. The van der Waals surface area contributed by atoms with Crippen molar-refractivity contribution in [2.75, 3.05) is 27.2 Å². The monoisotopic (exact) mass is 289 g/mol. The Morgan fingerprint density at radius 1 is 1.29 bits per heavy atom. The average Bonchev–Trinajstić information content (AvgIpc) is 2.44. The molecule has 1 rings (SSSR count). The van der Waals surface area contributed by atoms with Crippen LogP contribution in [-0.2, 0) is 6.54 Å². The predicted molar refractivity (Wildman–Crippen MR) is 86.2 cm³/mol. The van der Waals surface area contributed by atoms with Crippen LogP contribution in [0.5, 0.6) is 5.75 Å². The Labute approximate surface area is 128 Å². The van der Waals surface area contributed by atoms with E-state index in [0.717, 1.165) is 24.4 Å². The second kappa shape index (κ2) is 9.38. The van der Waals surface area contributed by atoms with Crippen molar-refractivity contribution in [3.63, 3.8) is 0 Å². The van der Waals surface area contributed by atoms with Gasteiger partial charge in [-0.3, -0.25) is 0 Å². The quantitative estimate of drug-likeness (QED) is 0.759. The molecule has 0 radical (unpaired) electrons. The zero-order valence-electron chi connectivity index (χ0n) is 13.6. The SMILES string of the molecule is CC(C)CC(CNCc1ccccc1OCC#N)N(C)C. The zero-order chi connectivity index (χ0) is 15.7. The van der Waals surface area contributed by atoms with E-state index in [1.54, 1.807) is 0 Å². The Hall–Kier alpha value is -1.57. The molecule has 0 heterocycles. The third-order valence-corrected chi connectivity index (χ3v) is 3.43. The first-order valence-corrected chi connectivity index (χ1v) is 7.49. The number of nitrogens with zero attached hydrogens (tertiary/aromatic N) is 2. The summed E-state index contributed by atoms with van der Waals surface area (Å²) in [6.07, 6.45) is 1.17. The van der Waals surface area contributed by atoms with Gasteiger partial charge in [-0.2, -0.15) is 5.26 Å². The maximum atomic E-state index is 8.62. The van der Waals surface area contributed by atoms with Crippen LogP contribution in [-0.4, -0.2) is 38.2 Å². The third-order valence-electron chi connectivity index (χ3n) is 3.43. The van der Waals surface area contributed by atoms with Gasteiger partial charge in [-0.25, -0.2) is 0 Å². The van der Waals surface area contributed by atoms with Gasteiger partial charge in [0.15, 0.2) is 6.61 Å². The Balaban J connectivity index is 2.52. The van der Waals surface area contributed by atoms with Gasteiger partial charge >= 0.3 is 0 Å². The zero-order valence-corrected chi connectivity index (χ0v) is 13.6. The molecule has 21 heavy (non-hydrogen) atoms. The second-order valence-electron chi connectivity index (χ2n) is 5.93. The number of hydrogen-bond donors (Lipinski definition) is 1. The molecule has 0 fully saturated rings. The molecule has 1 N–H and O–H groups in total. The normalized spacial score (nSPS) is 12.4. The highest BCUT2D eigenvalue weighted by Crippen LogP contribution is 2.17. The Kier molecular flexibility index (Phi) is 7.81. The minimum atomic E-state index is 0.0880. The topological polar surface area (TPSA) is 48.3 Å². The fraction of sp³-hybridized carbons (Fsp3) is 0.588. The van der Waals surface area contributed by atoms with E-state index in [1.165, 1.54) is 6.42 Å². The Morgan fingerprint density at radius 3 is 2.62 bits per heavy atom. The van der Waals surface area contributed by atoms with E-state index in [-0.39, 0.29) is 6.61 Å². The molecule has 1 aromatic rings. The average molecular weight is 289 g/mol. The highest BCUT2D eigenvalue weighted by molar-refractivity contribution is 5.33. The first-order valence-electron chi connectivity index (χ1n) is 7.49. The van der Waals surface area contributed by atoms with Crippen LogP contribution in [0.2, 0.25) is 0 Å². The Bertz CT molecular complexity index is 452. The lowest BCUT2D eigenvalue weighted by Gasteiger charge is -2.26. The molecule has 0 aliphatic rings. The summed E-state index contributed by atoms with van der Waals surface area (Å²) in [5.41, 5.74) is 1.09. The number of para-hydroxylation sites is 1. The van der Waals surface area contributed by atoms with Crippen molar-refractivity contribution >= 4 is 0 Å². The number of nitriles is 1. The lowest BCUT2D eigenvalue weighted by molar-refractivity contribution is 0.246. The smallest absolute Gasteiger partial charge is 0.174 e. The maximum Gasteiger partial charge on any atom is 0.174 e. The number of benzene rings is 1. The lowest BCUT2D eigenvalue weighted by Crippen LogP contribution is -2.38. The molecular weight excluding hydrogens is 262 g/mol. The number of ether oxygens (including phenoxy) is 1. The standard InChI is InChI=1S/C17H27N3O/c1-14(2)11-16(20(3)4)13-19-12-15-7-5-6-8-17(15)21-10-9-18/h5-8,14,16,19H,10-13H2,1-4H3. The van der Waals surface area contributed by atoms with Gasteiger partial charge in [-0.15, -0.1) is 0 Å². The van der Waals surface area contributed by atoms with E-state index in [4.69, 9.17) is 10.00 Å². The maximum absolute atomic E-state index is 8.62. The fourth-order valence-corrected chi connectivity index (χ4v) is 2.30. The number of hydrogen-bond acceptors (Lipinski definition) is 4. The van der Waals surface area contributed by atoms with Crippen LogP contribution < -0.4 is 10.1 Å². The van der Waals surface area contributed by atoms with Crippen molar-refractivity contribution in [3.8, 4) is 11.8 Å². The van der Waals surface area contributed by atoms with Crippen molar-refractivity contribution in [1.29, 1.82) is 5.26 Å². The summed E-state index contributed by atoms with van der Waals surface area (Å²) in [5, 5.41) is 12.1. The van der Waals surface area contributed by atoms with E-state index >= 15 is 0 Å². The summed E-state index contributed by atoms with van der Waals surface area (Å²) in [5.74, 6) is 1.47. The highest BCUT2D eigenvalue weighted by atomic mass is 16.5. The van der Waals surface area contributed by atoms with Gasteiger partial charge < -0.3 is 15.0 Å². The molecule has 0 spiro atoms. The number of likely N-dealkylation sites (N-methyl/N-ethyl adjacent to an activating group) is 1. The molecule has 1 unspecified atom stereocenters. The second-order valence-corrected chi connectivity index (χ2v) is 5.93. The molecule has 0 bridgehead atoms. The molecule has 116 valence electrons. The molecular formula is C17H27N3O. The van der Waals surface area contributed by atoms with Gasteiger partial charge in [-0.1, -0.05) is 32.0 Å². The van der Waals surface area contributed by atoms with E-state index < -0.39 is 0 Å². The lowest BCUT2D eigenvalue weighted by atomic mass is 10.0. The van der Waals surface area contributed by atoms with Crippen molar-refractivity contribution in [2.24, 2.45) is 5.92 Å². The van der Waals surface area contributed by atoms with Crippen molar-refractivity contribution in [3.05, 3.63) is 29.8 Å². The van der Waals surface area contributed by atoms with Crippen LogP contribution in [0, 0.1) is 17.2 Å². The van der Waals surface area contributed by atoms with E-state index in [0.29, 0.717) is 12.0 Å². The van der Waals surface area contributed by atoms with Crippen molar-refractivity contribution in [2.45, 2.75) is 32.9 Å². The van der Waals surface area contributed by atoms with Crippen molar-refractivity contribution < 1.29 is 4.74 Å². The van der Waals surface area contributed by atoms with Gasteiger partial charge in [0.2, 0.25) is 0 Å². The minimum absolute atomic E-state index is 0.0880. The van der Waals surface area contributed by atoms with Gasteiger partial charge in [0, 0.05) is 24.7 Å². The Morgan fingerprint density at radius 2 is 2.00 bits per heavy atom. The van der Waals surface area contributed by atoms with Gasteiger partial charge in [-0.05, 0) is 32.5 Å². The van der Waals surface area contributed by atoms with E-state index in [9.17, 15) is 0 Å². The minimum Gasteiger partial charge on any atom is -0.478 e. The molecule has 0 aliphatic carbocycles. The molecule has 1 aromatic carbocycles. The first kappa shape index (κ1) is 17.5. The summed E-state index contributed by atoms with van der Waals surface area (Å²) in [4.78, 5) is 2.27. The summed E-state index contributed by atoms with van der Waals surface area (Å²) < 4.78 is 5.44. The molecule has 4 heteroatoms. The van der Waals surface area contributed by atoms with Crippen LogP contribution >= 0.6 is 0 Å². The van der Waals surface area contributed by atoms with Gasteiger partial charge in [0.25, 0.3) is 0 Å². The molecule has 0 aromatic heterocycles. The van der Waals surface area contributed by atoms with E-state index in [1.807, 2.05) is 30.3 Å². The van der Waals surface area contributed by atoms with Crippen LogP contribution in [0.3, 0.4) is 0 Å². The number of nitrogens with one attached hydrogen (secondary N) is 1. The molecule has 0 saturated heterocycles. The highest BCUT2D eigenvalue weighted by Gasteiger charge is 2.13. The van der Waals surface area contributed by atoms with Crippen LogP contribution in [0.25, 0.3) is 0 Å². The third kappa shape index (κ3) is 6.61. The predicted octanol–water partition coefficient (Wildman–Crippen LogP) is 2.65.